The zero-order valence-corrected chi connectivity index (χ0v) is 12.9. The first-order chi connectivity index (χ1) is 10.3. The summed E-state index contributed by atoms with van der Waals surface area (Å²) in [4.78, 5) is 13.0. The summed E-state index contributed by atoms with van der Waals surface area (Å²) in [5, 5.41) is 12.4. The van der Waals surface area contributed by atoms with E-state index in [0.717, 1.165) is 29.8 Å². The van der Waals surface area contributed by atoms with E-state index in [4.69, 9.17) is 0 Å². The number of imidazole rings is 1. The Morgan fingerprint density at radius 1 is 1.19 bits per heavy atom. The third kappa shape index (κ3) is 3.69. The Labute approximate surface area is 125 Å². The third-order valence-corrected chi connectivity index (χ3v) is 3.84. The molecule has 2 rings (SSSR count). The van der Waals surface area contributed by atoms with E-state index < -0.39 is 0 Å². The lowest BCUT2D eigenvalue weighted by atomic mass is 10.0. The van der Waals surface area contributed by atoms with Crippen LogP contribution < -0.4 is 5.32 Å². The number of aromatic nitrogens is 4. The van der Waals surface area contributed by atoms with Crippen molar-refractivity contribution < 1.29 is 5.11 Å². The highest BCUT2D eigenvalue weighted by atomic mass is 16.3. The van der Waals surface area contributed by atoms with Crippen LogP contribution in [-0.4, -0.2) is 38.3 Å². The molecule has 2 aromatic rings. The van der Waals surface area contributed by atoms with Gasteiger partial charge in [0, 0.05) is 19.7 Å². The van der Waals surface area contributed by atoms with E-state index in [1.807, 2.05) is 13.4 Å². The van der Waals surface area contributed by atoms with Crippen molar-refractivity contribution in [2.24, 2.45) is 0 Å². The van der Waals surface area contributed by atoms with E-state index >= 15 is 0 Å². The van der Waals surface area contributed by atoms with Crippen LogP contribution in [0.25, 0.3) is 11.2 Å². The molecule has 2 aromatic heterocycles. The summed E-state index contributed by atoms with van der Waals surface area (Å²) in [5.74, 6) is 0.743. The Kier molecular flexibility index (Phi) is 5.92. The average Bonchev–Trinajstić information content (AvgIpc) is 2.94. The normalized spacial score (nSPS) is 12.7. The van der Waals surface area contributed by atoms with Crippen LogP contribution in [0.2, 0.25) is 0 Å². The number of nitrogens with zero attached hydrogens (tertiary/aromatic N) is 4. The van der Waals surface area contributed by atoms with E-state index in [1.165, 1.54) is 25.7 Å². The summed E-state index contributed by atoms with van der Waals surface area (Å²) in [6, 6.07) is 0.247. The first kappa shape index (κ1) is 15.7. The van der Waals surface area contributed by atoms with Gasteiger partial charge in [0.15, 0.2) is 11.5 Å². The third-order valence-electron chi connectivity index (χ3n) is 3.84. The lowest BCUT2D eigenvalue weighted by Crippen LogP contribution is -2.11. The van der Waals surface area contributed by atoms with Crippen LogP contribution in [0.5, 0.6) is 0 Å². The summed E-state index contributed by atoms with van der Waals surface area (Å²) in [5.41, 5.74) is 1.62. The SMILES string of the molecule is CCCCCCC(CCO)n1cnc2c(NC)ncnc21. The number of fused-ring (bicyclic) bond motifs is 1. The monoisotopic (exact) mass is 291 g/mol. The number of nitrogens with one attached hydrogen (secondary N) is 1. The molecule has 0 aliphatic rings. The highest BCUT2D eigenvalue weighted by molar-refractivity contribution is 5.82. The quantitative estimate of drug-likeness (QED) is 0.695. The highest BCUT2D eigenvalue weighted by Gasteiger charge is 2.16. The van der Waals surface area contributed by atoms with E-state index in [1.54, 1.807) is 6.33 Å². The van der Waals surface area contributed by atoms with Gasteiger partial charge in [-0.2, -0.15) is 0 Å². The molecular weight excluding hydrogens is 266 g/mol. The Hall–Kier alpha value is -1.69. The highest BCUT2D eigenvalue weighted by Crippen LogP contribution is 2.25. The molecule has 1 atom stereocenters. The van der Waals surface area contributed by atoms with Crippen molar-refractivity contribution in [3.63, 3.8) is 0 Å². The topological polar surface area (TPSA) is 75.9 Å². The maximum atomic E-state index is 9.33. The molecule has 0 aliphatic carbocycles. The maximum Gasteiger partial charge on any atom is 0.165 e. The number of rotatable bonds is 9. The summed E-state index contributed by atoms with van der Waals surface area (Å²) >= 11 is 0. The van der Waals surface area contributed by atoms with Crippen molar-refractivity contribution in [2.75, 3.05) is 19.0 Å². The number of unbranched alkanes of at least 4 members (excludes halogenated alkanes) is 3. The predicted molar refractivity (Wildman–Crippen MR) is 84.4 cm³/mol. The fraction of sp³-hybridized carbons (Fsp3) is 0.667. The molecule has 0 saturated heterocycles. The molecule has 0 amide bonds. The lowest BCUT2D eigenvalue weighted by Gasteiger charge is -2.18. The first-order valence-electron chi connectivity index (χ1n) is 7.78. The van der Waals surface area contributed by atoms with Crippen LogP contribution >= 0.6 is 0 Å². The molecule has 0 aliphatic heterocycles. The molecule has 0 spiro atoms. The molecule has 1 unspecified atom stereocenters. The van der Waals surface area contributed by atoms with Gasteiger partial charge in [0.1, 0.15) is 11.8 Å². The van der Waals surface area contributed by atoms with Crippen molar-refractivity contribution in [1.82, 2.24) is 19.5 Å². The summed E-state index contributed by atoms with van der Waals surface area (Å²) in [6.45, 7) is 2.40. The Morgan fingerprint density at radius 3 is 2.76 bits per heavy atom. The molecule has 0 bridgehead atoms. The molecule has 116 valence electrons. The Balaban J connectivity index is 2.19. The van der Waals surface area contributed by atoms with Crippen molar-refractivity contribution in [3.05, 3.63) is 12.7 Å². The van der Waals surface area contributed by atoms with Crippen LogP contribution in [0.3, 0.4) is 0 Å². The van der Waals surface area contributed by atoms with Crippen molar-refractivity contribution in [2.45, 2.75) is 51.5 Å². The number of hydrogen-bond acceptors (Lipinski definition) is 5. The number of hydrogen-bond donors (Lipinski definition) is 2. The van der Waals surface area contributed by atoms with Gasteiger partial charge in [-0.25, -0.2) is 15.0 Å². The number of aliphatic hydroxyl groups is 1. The van der Waals surface area contributed by atoms with Crippen molar-refractivity contribution in [3.8, 4) is 0 Å². The Bertz CT molecular complexity index is 554. The van der Waals surface area contributed by atoms with Crippen molar-refractivity contribution >= 4 is 17.0 Å². The molecule has 0 radical (unpaired) electrons. The lowest BCUT2D eigenvalue weighted by molar-refractivity contribution is 0.251. The summed E-state index contributed by atoms with van der Waals surface area (Å²) in [7, 11) is 1.83. The van der Waals surface area contributed by atoms with Gasteiger partial charge in [-0.3, -0.25) is 0 Å². The largest absolute Gasteiger partial charge is 0.396 e. The zero-order valence-electron chi connectivity index (χ0n) is 12.9. The molecule has 2 N–H and O–H groups in total. The fourth-order valence-electron chi connectivity index (χ4n) is 2.68. The zero-order chi connectivity index (χ0) is 15.1. The maximum absolute atomic E-state index is 9.33. The van der Waals surface area contributed by atoms with Gasteiger partial charge < -0.3 is 15.0 Å². The van der Waals surface area contributed by atoms with Gasteiger partial charge in [0.05, 0.1) is 6.33 Å². The molecule has 0 saturated carbocycles. The van der Waals surface area contributed by atoms with Gasteiger partial charge in [0.2, 0.25) is 0 Å². The molecular formula is C15H25N5O. The minimum Gasteiger partial charge on any atom is -0.396 e. The molecule has 2 heterocycles. The van der Waals surface area contributed by atoms with Gasteiger partial charge in [-0.15, -0.1) is 0 Å². The standard InChI is InChI=1S/C15H25N5O/c1-3-4-5-6-7-12(8-9-21)20-11-19-13-14(16-2)17-10-18-15(13)20/h10-12,21H,3-9H2,1-2H3,(H,16,17,18). The molecule has 21 heavy (non-hydrogen) atoms. The van der Waals surface area contributed by atoms with Gasteiger partial charge in [-0.1, -0.05) is 32.6 Å². The Morgan fingerprint density at radius 2 is 2.05 bits per heavy atom. The van der Waals surface area contributed by atoms with Gasteiger partial charge >= 0.3 is 0 Å². The predicted octanol–water partition coefficient (Wildman–Crippen LogP) is 2.76. The van der Waals surface area contributed by atoms with E-state index in [0.29, 0.717) is 0 Å². The molecule has 6 heteroatoms. The molecule has 6 nitrogen and oxygen atoms in total. The van der Waals surface area contributed by atoms with E-state index in [-0.39, 0.29) is 12.6 Å². The first-order valence-corrected chi connectivity index (χ1v) is 7.78. The van der Waals surface area contributed by atoms with Crippen LogP contribution in [0.4, 0.5) is 5.82 Å². The second kappa shape index (κ2) is 7.93. The molecule has 0 fully saturated rings. The second-order valence-electron chi connectivity index (χ2n) is 5.31. The van der Waals surface area contributed by atoms with Crippen LogP contribution in [0, 0.1) is 0 Å². The van der Waals surface area contributed by atoms with E-state index in [2.05, 4.69) is 31.8 Å². The van der Waals surface area contributed by atoms with Crippen LogP contribution in [0.15, 0.2) is 12.7 Å². The van der Waals surface area contributed by atoms with Gasteiger partial charge in [0.25, 0.3) is 0 Å². The van der Waals surface area contributed by atoms with E-state index in [9.17, 15) is 5.11 Å². The summed E-state index contributed by atoms with van der Waals surface area (Å²) < 4.78 is 2.08. The van der Waals surface area contributed by atoms with Crippen LogP contribution in [0.1, 0.15) is 51.5 Å². The average molecular weight is 291 g/mol. The van der Waals surface area contributed by atoms with Crippen LogP contribution in [-0.2, 0) is 0 Å². The summed E-state index contributed by atoms with van der Waals surface area (Å²) in [6.07, 6.45) is 10.1. The number of anilines is 1. The second-order valence-corrected chi connectivity index (χ2v) is 5.31. The minimum atomic E-state index is 0.183. The smallest absolute Gasteiger partial charge is 0.165 e. The minimum absolute atomic E-state index is 0.183. The number of aliphatic hydroxyl groups excluding tert-OH is 1. The molecule has 0 aromatic carbocycles. The fourth-order valence-corrected chi connectivity index (χ4v) is 2.68. The van der Waals surface area contributed by atoms with Gasteiger partial charge in [-0.05, 0) is 12.8 Å². The van der Waals surface area contributed by atoms with Crippen molar-refractivity contribution in [1.29, 1.82) is 0 Å².